The summed E-state index contributed by atoms with van der Waals surface area (Å²) in [6.07, 6.45) is -2.94. The maximum atomic E-state index is 12.5. The zero-order valence-corrected chi connectivity index (χ0v) is 11.9. The van der Waals surface area contributed by atoms with E-state index in [0.29, 0.717) is 13.0 Å². The number of hydrogen-bond donors (Lipinski definition) is 1. The Balaban J connectivity index is 2.20. The summed E-state index contributed by atoms with van der Waals surface area (Å²) < 4.78 is 37.5. The number of benzene rings is 1. The van der Waals surface area contributed by atoms with Gasteiger partial charge in [-0.3, -0.25) is 4.79 Å². The van der Waals surface area contributed by atoms with Gasteiger partial charge in [-0.2, -0.15) is 13.2 Å². The Kier molecular flexibility index (Phi) is 4.02. The van der Waals surface area contributed by atoms with Crippen molar-refractivity contribution < 1.29 is 23.1 Å². The summed E-state index contributed by atoms with van der Waals surface area (Å²) in [6, 6.07) is 3.87. The first kappa shape index (κ1) is 15.8. The maximum absolute atomic E-state index is 12.5. The van der Waals surface area contributed by atoms with Gasteiger partial charge in [-0.1, -0.05) is 0 Å². The molecule has 1 aliphatic heterocycles. The van der Waals surface area contributed by atoms with Gasteiger partial charge in [-0.25, -0.2) is 0 Å². The van der Waals surface area contributed by atoms with Crippen molar-refractivity contribution in [2.24, 2.45) is 0 Å². The van der Waals surface area contributed by atoms with E-state index in [1.165, 1.54) is 12.1 Å². The number of amides is 1. The van der Waals surface area contributed by atoms with Gasteiger partial charge >= 0.3 is 6.18 Å². The highest BCUT2D eigenvalue weighted by molar-refractivity contribution is 5.94. The Morgan fingerprint density at radius 3 is 2.29 bits per heavy atom. The van der Waals surface area contributed by atoms with Crippen LogP contribution in [0.2, 0.25) is 0 Å². The number of aliphatic hydroxyl groups is 1. The lowest BCUT2D eigenvalue weighted by atomic mass is 9.96. The molecule has 0 spiro atoms. The van der Waals surface area contributed by atoms with Crippen LogP contribution in [0, 0.1) is 0 Å². The quantitative estimate of drug-likeness (QED) is 0.912. The first-order valence-corrected chi connectivity index (χ1v) is 6.81. The fourth-order valence-corrected chi connectivity index (χ4v) is 2.71. The van der Waals surface area contributed by atoms with Crippen molar-refractivity contribution >= 4 is 5.91 Å². The molecule has 1 saturated heterocycles. The smallest absolute Gasteiger partial charge is 0.388 e. The van der Waals surface area contributed by atoms with E-state index in [0.717, 1.165) is 18.6 Å². The SMILES string of the molecule is CC(C)(O)C1CCCN1C(=O)c1ccc(C(F)(F)F)cc1. The molecule has 21 heavy (non-hydrogen) atoms. The molecule has 1 unspecified atom stereocenters. The third-order valence-corrected chi connectivity index (χ3v) is 3.79. The van der Waals surface area contributed by atoms with Crippen LogP contribution in [0.4, 0.5) is 13.2 Å². The van der Waals surface area contributed by atoms with Gasteiger partial charge in [0, 0.05) is 12.1 Å². The second-order valence-electron chi connectivity index (χ2n) is 5.89. The first-order chi connectivity index (χ1) is 9.60. The normalized spacial score (nSPS) is 19.9. The zero-order valence-electron chi connectivity index (χ0n) is 11.9. The van der Waals surface area contributed by atoms with Crippen molar-refractivity contribution in [2.45, 2.75) is 44.5 Å². The lowest BCUT2D eigenvalue weighted by Gasteiger charge is -2.33. The highest BCUT2D eigenvalue weighted by Gasteiger charge is 2.39. The summed E-state index contributed by atoms with van der Waals surface area (Å²) in [5.74, 6) is -0.339. The standard InChI is InChI=1S/C15H18F3NO2/c1-14(2,21)12-4-3-9-19(12)13(20)10-5-7-11(8-6-10)15(16,17)18/h5-8,12,21H,3-4,9H2,1-2H3. The van der Waals surface area contributed by atoms with E-state index in [4.69, 9.17) is 0 Å². The van der Waals surface area contributed by atoms with Crippen molar-refractivity contribution in [3.63, 3.8) is 0 Å². The van der Waals surface area contributed by atoms with Crippen LogP contribution in [0.15, 0.2) is 24.3 Å². The van der Waals surface area contributed by atoms with Crippen molar-refractivity contribution in [1.82, 2.24) is 4.90 Å². The minimum atomic E-state index is -4.41. The molecule has 1 aliphatic rings. The number of nitrogens with zero attached hydrogens (tertiary/aromatic N) is 1. The monoisotopic (exact) mass is 301 g/mol. The summed E-state index contributed by atoms with van der Waals surface area (Å²) in [5, 5.41) is 10.1. The van der Waals surface area contributed by atoms with E-state index in [2.05, 4.69) is 0 Å². The Morgan fingerprint density at radius 1 is 1.24 bits per heavy atom. The van der Waals surface area contributed by atoms with Gasteiger partial charge in [-0.15, -0.1) is 0 Å². The fraction of sp³-hybridized carbons (Fsp3) is 0.533. The van der Waals surface area contributed by atoms with Gasteiger partial charge < -0.3 is 10.0 Å². The van der Waals surface area contributed by atoms with Gasteiger partial charge in [0.2, 0.25) is 0 Å². The second-order valence-corrected chi connectivity index (χ2v) is 5.89. The van der Waals surface area contributed by atoms with Crippen molar-refractivity contribution in [3.8, 4) is 0 Å². The summed E-state index contributed by atoms with van der Waals surface area (Å²) >= 11 is 0. The van der Waals surface area contributed by atoms with E-state index in [1.807, 2.05) is 0 Å². The van der Waals surface area contributed by atoms with Crippen molar-refractivity contribution in [1.29, 1.82) is 0 Å². The average Bonchev–Trinajstić information content (AvgIpc) is 2.86. The van der Waals surface area contributed by atoms with Crippen LogP contribution in [0.5, 0.6) is 0 Å². The third kappa shape index (κ3) is 3.37. The lowest BCUT2D eigenvalue weighted by Crippen LogP contribution is -2.48. The number of likely N-dealkylation sites (tertiary alicyclic amines) is 1. The molecule has 1 amide bonds. The van der Waals surface area contributed by atoms with Gasteiger partial charge in [0.15, 0.2) is 0 Å². The van der Waals surface area contributed by atoms with Crippen molar-refractivity contribution in [2.75, 3.05) is 6.54 Å². The lowest BCUT2D eigenvalue weighted by molar-refractivity contribution is -0.137. The molecule has 1 aromatic rings. The number of alkyl halides is 3. The molecule has 6 heteroatoms. The molecule has 0 saturated carbocycles. The summed E-state index contributed by atoms with van der Waals surface area (Å²) in [7, 11) is 0. The highest BCUT2D eigenvalue weighted by Crippen LogP contribution is 2.31. The number of carbonyl (C=O) groups is 1. The van der Waals surface area contributed by atoms with Crippen LogP contribution in [0.25, 0.3) is 0 Å². The molecule has 1 aromatic carbocycles. The number of hydrogen-bond acceptors (Lipinski definition) is 2. The van der Waals surface area contributed by atoms with Gasteiger partial charge in [0.05, 0.1) is 17.2 Å². The van der Waals surface area contributed by atoms with Crippen LogP contribution >= 0.6 is 0 Å². The highest BCUT2D eigenvalue weighted by atomic mass is 19.4. The topological polar surface area (TPSA) is 40.5 Å². The average molecular weight is 301 g/mol. The Morgan fingerprint density at radius 2 is 1.81 bits per heavy atom. The van der Waals surface area contributed by atoms with Crippen LogP contribution in [0.1, 0.15) is 42.6 Å². The molecule has 0 aliphatic carbocycles. The Hall–Kier alpha value is -1.56. The van der Waals surface area contributed by atoms with E-state index >= 15 is 0 Å². The van der Waals surface area contributed by atoms with Gasteiger partial charge in [0.1, 0.15) is 0 Å². The van der Waals surface area contributed by atoms with E-state index in [-0.39, 0.29) is 17.5 Å². The minimum Gasteiger partial charge on any atom is -0.388 e. The predicted molar refractivity (Wildman–Crippen MR) is 71.8 cm³/mol. The van der Waals surface area contributed by atoms with E-state index < -0.39 is 17.3 Å². The second kappa shape index (κ2) is 5.33. The molecular weight excluding hydrogens is 283 g/mol. The molecule has 0 radical (unpaired) electrons. The predicted octanol–water partition coefficient (Wildman–Crippen LogP) is 3.08. The molecule has 1 N–H and O–H groups in total. The fourth-order valence-electron chi connectivity index (χ4n) is 2.71. The zero-order chi connectivity index (χ0) is 15.8. The van der Waals surface area contributed by atoms with E-state index in [1.54, 1.807) is 18.7 Å². The summed E-state index contributed by atoms with van der Waals surface area (Å²) in [4.78, 5) is 13.9. The van der Waals surface area contributed by atoms with Crippen LogP contribution < -0.4 is 0 Å². The van der Waals surface area contributed by atoms with Gasteiger partial charge in [0.25, 0.3) is 5.91 Å². The Labute approximate surface area is 121 Å². The first-order valence-electron chi connectivity index (χ1n) is 6.81. The van der Waals surface area contributed by atoms with Crippen molar-refractivity contribution in [3.05, 3.63) is 35.4 Å². The molecule has 3 nitrogen and oxygen atoms in total. The molecule has 0 aromatic heterocycles. The number of rotatable bonds is 2. The van der Waals surface area contributed by atoms with Crippen LogP contribution in [0.3, 0.4) is 0 Å². The maximum Gasteiger partial charge on any atom is 0.416 e. The van der Waals surface area contributed by atoms with Crippen LogP contribution in [-0.4, -0.2) is 34.1 Å². The molecule has 2 rings (SSSR count). The third-order valence-electron chi connectivity index (χ3n) is 3.79. The molecule has 1 heterocycles. The van der Waals surface area contributed by atoms with E-state index in [9.17, 15) is 23.1 Å². The largest absolute Gasteiger partial charge is 0.416 e. The number of carbonyl (C=O) groups excluding carboxylic acids is 1. The minimum absolute atomic E-state index is 0.208. The molecular formula is C15H18F3NO2. The number of halogens is 3. The Bertz CT molecular complexity index is 517. The summed E-state index contributed by atoms with van der Waals surface area (Å²) in [5.41, 5.74) is -1.60. The molecule has 1 fully saturated rings. The summed E-state index contributed by atoms with van der Waals surface area (Å²) in [6.45, 7) is 3.78. The molecule has 0 bridgehead atoms. The molecule has 116 valence electrons. The molecule has 1 atom stereocenters. The van der Waals surface area contributed by atoms with Crippen LogP contribution in [-0.2, 0) is 6.18 Å². The van der Waals surface area contributed by atoms with Gasteiger partial charge in [-0.05, 0) is 51.0 Å².